The largest absolute Gasteiger partial charge is 0.363 e. The third-order valence-corrected chi connectivity index (χ3v) is 3.96. The highest BCUT2D eigenvalue weighted by Gasteiger charge is 2.09. The number of H-pyrrole nitrogens is 1. The third-order valence-electron chi connectivity index (χ3n) is 3.96. The van der Waals surface area contributed by atoms with Gasteiger partial charge in [0.2, 0.25) is 5.91 Å². The molecule has 8 nitrogen and oxygen atoms in total. The van der Waals surface area contributed by atoms with Gasteiger partial charge in [-0.25, -0.2) is 9.78 Å². The number of aromatic amines is 1. The summed E-state index contributed by atoms with van der Waals surface area (Å²) in [7, 11) is 3.76. The lowest BCUT2D eigenvalue weighted by molar-refractivity contribution is -0.116. The molecule has 0 unspecified atom stereocenters. The van der Waals surface area contributed by atoms with E-state index < -0.39 is 11.2 Å². The van der Waals surface area contributed by atoms with Crippen LogP contribution in [0.2, 0.25) is 0 Å². The molecule has 0 aliphatic carbocycles. The molecule has 0 bridgehead atoms. The van der Waals surface area contributed by atoms with Gasteiger partial charge in [-0.2, -0.15) is 0 Å². The minimum Gasteiger partial charge on any atom is -0.363 e. The van der Waals surface area contributed by atoms with Crippen LogP contribution in [0.3, 0.4) is 0 Å². The van der Waals surface area contributed by atoms with Gasteiger partial charge in [0.1, 0.15) is 5.82 Å². The number of para-hydroxylation sites is 1. The van der Waals surface area contributed by atoms with Crippen molar-refractivity contribution in [3.05, 3.63) is 63.4 Å². The number of fused-ring (bicyclic) bond motifs is 1. The highest BCUT2D eigenvalue weighted by Crippen LogP contribution is 2.12. The lowest BCUT2D eigenvalue weighted by atomic mass is 10.2. The van der Waals surface area contributed by atoms with Crippen LogP contribution in [0.1, 0.15) is 6.42 Å². The number of nitrogens with one attached hydrogen (secondary N) is 2. The Hall–Kier alpha value is -3.42. The van der Waals surface area contributed by atoms with E-state index in [1.165, 1.54) is 4.57 Å². The number of aryl methyl sites for hydroxylation is 1. The summed E-state index contributed by atoms with van der Waals surface area (Å²) >= 11 is 0. The fourth-order valence-electron chi connectivity index (χ4n) is 2.63. The molecule has 1 aromatic carbocycles. The number of aromatic nitrogens is 3. The number of benzene rings is 1. The van der Waals surface area contributed by atoms with Crippen molar-refractivity contribution < 1.29 is 4.79 Å². The van der Waals surface area contributed by atoms with E-state index >= 15 is 0 Å². The second-order valence-electron chi connectivity index (χ2n) is 6.03. The van der Waals surface area contributed by atoms with Crippen LogP contribution in [0.15, 0.2) is 52.2 Å². The summed E-state index contributed by atoms with van der Waals surface area (Å²) in [6, 6.07) is 10.4. The predicted octanol–water partition coefficient (Wildman–Crippen LogP) is 1.18. The van der Waals surface area contributed by atoms with E-state index in [1.54, 1.807) is 42.6 Å². The number of anilines is 2. The molecular formula is C18H19N5O3. The van der Waals surface area contributed by atoms with Gasteiger partial charge in [-0.15, -0.1) is 0 Å². The topological polar surface area (TPSA) is 100 Å². The molecule has 0 fully saturated rings. The van der Waals surface area contributed by atoms with Gasteiger partial charge >= 0.3 is 5.69 Å². The molecule has 3 aromatic rings. The average Bonchev–Trinajstić information content (AvgIpc) is 2.62. The van der Waals surface area contributed by atoms with Crippen molar-refractivity contribution in [2.75, 3.05) is 24.3 Å². The number of carbonyl (C=O) groups is 1. The molecule has 26 heavy (non-hydrogen) atoms. The second kappa shape index (κ2) is 7.22. The first-order valence-electron chi connectivity index (χ1n) is 8.11. The molecule has 0 radical (unpaired) electrons. The highest BCUT2D eigenvalue weighted by molar-refractivity contribution is 5.90. The van der Waals surface area contributed by atoms with Gasteiger partial charge in [-0.1, -0.05) is 12.1 Å². The molecule has 1 amide bonds. The van der Waals surface area contributed by atoms with Crippen LogP contribution in [0.4, 0.5) is 11.5 Å². The summed E-state index contributed by atoms with van der Waals surface area (Å²) < 4.78 is 1.39. The molecule has 0 aliphatic heterocycles. The SMILES string of the molecule is CN(C)c1ccc(NC(=O)CCn2c(=O)[nH]c(=O)c3ccccc32)cn1. The Bertz CT molecular complexity index is 1050. The number of hydrogen-bond acceptors (Lipinski definition) is 5. The Labute approximate surface area is 149 Å². The third kappa shape index (κ3) is 3.64. The number of nitrogens with zero attached hydrogens (tertiary/aromatic N) is 3. The van der Waals surface area contributed by atoms with Gasteiger partial charge in [0, 0.05) is 27.1 Å². The molecule has 2 heterocycles. The fraction of sp³-hybridized carbons (Fsp3) is 0.222. The summed E-state index contributed by atoms with van der Waals surface area (Å²) in [4.78, 5) is 44.5. The maximum Gasteiger partial charge on any atom is 0.328 e. The van der Waals surface area contributed by atoms with E-state index in [2.05, 4.69) is 15.3 Å². The van der Waals surface area contributed by atoms with E-state index in [0.717, 1.165) is 5.82 Å². The minimum atomic E-state index is -0.529. The monoisotopic (exact) mass is 353 g/mol. The zero-order valence-electron chi connectivity index (χ0n) is 14.5. The van der Waals surface area contributed by atoms with Gasteiger partial charge in [0.15, 0.2) is 0 Å². The van der Waals surface area contributed by atoms with E-state index in [1.807, 2.05) is 19.0 Å². The fourth-order valence-corrected chi connectivity index (χ4v) is 2.63. The Morgan fingerprint density at radius 1 is 1.19 bits per heavy atom. The summed E-state index contributed by atoms with van der Waals surface area (Å²) in [5.74, 6) is 0.542. The number of rotatable bonds is 5. The van der Waals surface area contributed by atoms with Crippen molar-refractivity contribution in [1.82, 2.24) is 14.5 Å². The number of amides is 1. The molecular weight excluding hydrogens is 334 g/mol. The molecule has 0 spiro atoms. The average molecular weight is 353 g/mol. The van der Waals surface area contributed by atoms with Crippen LogP contribution in [-0.2, 0) is 11.3 Å². The number of hydrogen-bond donors (Lipinski definition) is 2. The maximum absolute atomic E-state index is 12.2. The minimum absolute atomic E-state index is 0.0887. The van der Waals surface area contributed by atoms with Crippen LogP contribution < -0.4 is 21.5 Å². The smallest absolute Gasteiger partial charge is 0.328 e. The van der Waals surface area contributed by atoms with Crippen LogP contribution in [0.5, 0.6) is 0 Å². The number of pyridine rings is 1. The molecule has 3 rings (SSSR count). The van der Waals surface area contributed by atoms with Crippen molar-refractivity contribution in [2.24, 2.45) is 0 Å². The van der Waals surface area contributed by atoms with Crippen LogP contribution in [0, 0.1) is 0 Å². The standard InChI is InChI=1S/C18H19N5O3/c1-22(2)15-8-7-12(11-19-15)20-16(24)9-10-23-14-6-4-3-5-13(14)17(25)21-18(23)26/h3-8,11H,9-10H2,1-2H3,(H,20,24)(H,21,25,26). The Balaban J connectivity index is 1.73. The molecule has 8 heteroatoms. The summed E-state index contributed by atoms with van der Waals surface area (Å²) in [5.41, 5.74) is 0.127. The van der Waals surface area contributed by atoms with Crippen molar-refractivity contribution in [3.63, 3.8) is 0 Å². The van der Waals surface area contributed by atoms with E-state index in [0.29, 0.717) is 16.6 Å². The maximum atomic E-state index is 12.2. The normalized spacial score (nSPS) is 10.7. The first kappa shape index (κ1) is 17.4. The first-order chi connectivity index (χ1) is 12.5. The summed E-state index contributed by atoms with van der Waals surface area (Å²) in [5, 5.41) is 3.16. The Morgan fingerprint density at radius 2 is 1.96 bits per heavy atom. The van der Waals surface area contributed by atoms with Gasteiger partial charge in [0.05, 0.1) is 22.8 Å². The zero-order chi connectivity index (χ0) is 18.7. The van der Waals surface area contributed by atoms with Crippen molar-refractivity contribution in [3.8, 4) is 0 Å². The molecule has 2 aromatic heterocycles. The molecule has 0 atom stereocenters. The highest BCUT2D eigenvalue weighted by atomic mass is 16.2. The number of carbonyl (C=O) groups excluding carboxylic acids is 1. The zero-order valence-corrected chi connectivity index (χ0v) is 14.5. The molecule has 0 aliphatic rings. The first-order valence-corrected chi connectivity index (χ1v) is 8.11. The lowest BCUT2D eigenvalue weighted by Crippen LogP contribution is -2.31. The predicted molar refractivity (Wildman–Crippen MR) is 101 cm³/mol. The van der Waals surface area contributed by atoms with Crippen molar-refractivity contribution in [2.45, 2.75) is 13.0 Å². The quantitative estimate of drug-likeness (QED) is 0.717. The Morgan fingerprint density at radius 3 is 2.65 bits per heavy atom. The van der Waals surface area contributed by atoms with Gasteiger partial charge in [-0.05, 0) is 24.3 Å². The van der Waals surface area contributed by atoms with Crippen LogP contribution in [0.25, 0.3) is 10.9 Å². The molecule has 0 saturated carbocycles. The van der Waals surface area contributed by atoms with E-state index in [-0.39, 0.29) is 18.9 Å². The van der Waals surface area contributed by atoms with Crippen molar-refractivity contribution in [1.29, 1.82) is 0 Å². The second-order valence-corrected chi connectivity index (χ2v) is 6.03. The lowest BCUT2D eigenvalue weighted by Gasteiger charge is -2.12. The van der Waals surface area contributed by atoms with Gasteiger partial charge in [0.25, 0.3) is 5.56 Å². The van der Waals surface area contributed by atoms with E-state index in [4.69, 9.17) is 0 Å². The van der Waals surface area contributed by atoms with Gasteiger partial charge in [-0.3, -0.25) is 19.1 Å². The summed E-state index contributed by atoms with van der Waals surface area (Å²) in [6.07, 6.45) is 1.67. The van der Waals surface area contributed by atoms with Crippen LogP contribution >= 0.6 is 0 Å². The molecule has 0 saturated heterocycles. The molecule has 2 N–H and O–H groups in total. The van der Waals surface area contributed by atoms with E-state index in [9.17, 15) is 14.4 Å². The summed E-state index contributed by atoms with van der Waals surface area (Å²) in [6.45, 7) is 0.158. The Kier molecular flexibility index (Phi) is 4.83. The molecule has 134 valence electrons. The van der Waals surface area contributed by atoms with Gasteiger partial charge < -0.3 is 10.2 Å². The van der Waals surface area contributed by atoms with Crippen LogP contribution in [-0.4, -0.2) is 34.5 Å². The van der Waals surface area contributed by atoms with Crippen molar-refractivity contribution >= 4 is 28.3 Å².